The minimum Gasteiger partial charge on any atom is -0.506 e. The molecule has 0 atom stereocenters. The van der Waals surface area contributed by atoms with Crippen molar-refractivity contribution in [2.45, 2.75) is 0 Å². The Hall–Kier alpha value is -1.62. The van der Waals surface area contributed by atoms with Gasteiger partial charge in [-0.1, -0.05) is 0 Å². The molecule has 0 bridgehead atoms. The number of ether oxygens (including phenoxy) is 1. The summed E-state index contributed by atoms with van der Waals surface area (Å²) in [5.74, 6) is -0.320. The predicted octanol–water partition coefficient (Wildman–Crippen LogP) is 1.79. The van der Waals surface area contributed by atoms with Gasteiger partial charge in [-0.25, -0.2) is 4.79 Å². The highest BCUT2D eigenvalue weighted by Gasteiger charge is 2.12. The number of hydrogen-bond acceptors (Lipinski definition) is 5. The molecular weight excluding hydrogens is 202 g/mol. The molecule has 0 radical (unpaired) electrons. The van der Waals surface area contributed by atoms with Gasteiger partial charge in [-0.2, -0.15) is 0 Å². The van der Waals surface area contributed by atoms with Crippen molar-refractivity contribution >= 4 is 27.4 Å². The van der Waals surface area contributed by atoms with Gasteiger partial charge in [0.2, 0.25) is 0 Å². The summed E-state index contributed by atoms with van der Waals surface area (Å²) in [6.45, 7) is 0. The molecule has 0 aliphatic rings. The van der Waals surface area contributed by atoms with Crippen LogP contribution in [-0.2, 0) is 4.74 Å². The summed E-state index contributed by atoms with van der Waals surface area (Å²) < 4.78 is 5.34. The number of esters is 1. The van der Waals surface area contributed by atoms with Crippen molar-refractivity contribution in [1.82, 2.24) is 4.98 Å². The first kappa shape index (κ1) is 8.96. The lowest BCUT2D eigenvalue weighted by atomic mass is 10.3. The third kappa shape index (κ3) is 1.31. The summed E-state index contributed by atoms with van der Waals surface area (Å²) in [4.78, 5) is 15.5. The van der Waals surface area contributed by atoms with E-state index in [0.717, 1.165) is 4.70 Å². The predicted molar refractivity (Wildman–Crippen MR) is 52.6 cm³/mol. The van der Waals surface area contributed by atoms with E-state index in [9.17, 15) is 9.90 Å². The van der Waals surface area contributed by atoms with Crippen LogP contribution in [-0.4, -0.2) is 23.2 Å². The summed E-state index contributed by atoms with van der Waals surface area (Å²) >= 11 is 1.25. The Balaban J connectivity index is 2.62. The second-order valence-electron chi connectivity index (χ2n) is 2.67. The Bertz CT molecular complexity index is 492. The monoisotopic (exact) mass is 209 g/mol. The van der Waals surface area contributed by atoms with Gasteiger partial charge < -0.3 is 9.84 Å². The average Bonchev–Trinajstić information content (AvgIpc) is 2.62. The molecule has 0 saturated carbocycles. The average molecular weight is 209 g/mol. The summed E-state index contributed by atoms with van der Waals surface area (Å²) in [5.41, 5.74) is 0. The highest BCUT2D eigenvalue weighted by molar-refractivity contribution is 7.20. The van der Waals surface area contributed by atoms with Gasteiger partial charge in [-0.05, 0) is 6.07 Å². The van der Waals surface area contributed by atoms with E-state index in [0.29, 0.717) is 10.3 Å². The molecule has 0 aliphatic carbocycles. The zero-order chi connectivity index (χ0) is 10.1. The molecule has 0 spiro atoms. The van der Waals surface area contributed by atoms with E-state index in [2.05, 4.69) is 9.72 Å². The lowest BCUT2D eigenvalue weighted by Gasteiger charge is -1.90. The van der Waals surface area contributed by atoms with Crippen LogP contribution in [0.1, 0.15) is 9.67 Å². The number of nitrogens with zero attached hydrogens (tertiary/aromatic N) is 1. The second kappa shape index (κ2) is 3.26. The summed E-state index contributed by atoms with van der Waals surface area (Å²) in [6.07, 6.45) is 2.95. The third-order valence-electron chi connectivity index (χ3n) is 1.81. The molecule has 0 unspecified atom stereocenters. The zero-order valence-electron chi connectivity index (χ0n) is 7.35. The van der Waals surface area contributed by atoms with Crippen LogP contribution in [0.25, 0.3) is 10.1 Å². The first-order valence-corrected chi connectivity index (χ1v) is 4.69. The Morgan fingerprint density at radius 1 is 1.57 bits per heavy atom. The van der Waals surface area contributed by atoms with E-state index in [1.54, 1.807) is 12.3 Å². The fraction of sp³-hybridized carbons (Fsp3) is 0.111. The number of carbonyl (C=O) groups excluding carboxylic acids is 1. The Morgan fingerprint density at radius 2 is 2.36 bits per heavy atom. The molecule has 4 nitrogen and oxygen atoms in total. The van der Waals surface area contributed by atoms with E-state index in [1.165, 1.54) is 24.6 Å². The van der Waals surface area contributed by atoms with E-state index in [4.69, 9.17) is 0 Å². The lowest BCUT2D eigenvalue weighted by Crippen LogP contribution is -1.96. The number of hydrogen-bond donors (Lipinski definition) is 1. The van der Waals surface area contributed by atoms with Crippen LogP contribution in [0, 0.1) is 0 Å². The maximum absolute atomic E-state index is 11.2. The Morgan fingerprint density at radius 3 is 3.00 bits per heavy atom. The number of thiophene rings is 1. The lowest BCUT2D eigenvalue weighted by molar-refractivity contribution is 0.0606. The van der Waals surface area contributed by atoms with Gasteiger partial charge in [-0.3, -0.25) is 4.98 Å². The molecule has 2 aromatic heterocycles. The van der Waals surface area contributed by atoms with Gasteiger partial charge >= 0.3 is 5.97 Å². The number of rotatable bonds is 1. The van der Waals surface area contributed by atoms with Crippen LogP contribution in [0.2, 0.25) is 0 Å². The minimum absolute atomic E-state index is 0.0777. The molecule has 1 N–H and O–H groups in total. The standard InChI is InChI=1S/C9H7NO3S/c1-13-9(12)7-2-5-6(11)3-10-4-8(5)14-7/h2-4,11H,1H3. The van der Waals surface area contributed by atoms with Crippen molar-refractivity contribution in [2.24, 2.45) is 0 Å². The number of pyridine rings is 1. The van der Waals surface area contributed by atoms with E-state index < -0.39 is 5.97 Å². The van der Waals surface area contributed by atoms with Crippen LogP contribution in [0.5, 0.6) is 5.75 Å². The molecule has 5 heteroatoms. The van der Waals surface area contributed by atoms with Gasteiger partial charge in [0.05, 0.1) is 18.0 Å². The molecule has 2 rings (SSSR count). The van der Waals surface area contributed by atoms with Crippen LogP contribution >= 0.6 is 11.3 Å². The largest absolute Gasteiger partial charge is 0.506 e. The molecule has 0 saturated heterocycles. The molecule has 14 heavy (non-hydrogen) atoms. The van der Waals surface area contributed by atoms with Crippen molar-refractivity contribution in [3.63, 3.8) is 0 Å². The molecular formula is C9H7NO3S. The van der Waals surface area contributed by atoms with E-state index in [-0.39, 0.29) is 5.75 Å². The smallest absolute Gasteiger partial charge is 0.348 e. The summed E-state index contributed by atoms with van der Waals surface area (Å²) in [7, 11) is 1.32. The quantitative estimate of drug-likeness (QED) is 0.727. The van der Waals surface area contributed by atoms with Gasteiger partial charge in [0.15, 0.2) is 0 Å². The summed E-state index contributed by atoms with van der Waals surface area (Å²) in [5, 5.41) is 10.1. The van der Waals surface area contributed by atoms with Crippen LogP contribution in [0.15, 0.2) is 18.5 Å². The maximum Gasteiger partial charge on any atom is 0.348 e. The zero-order valence-corrected chi connectivity index (χ0v) is 8.17. The van der Waals surface area contributed by atoms with Crippen molar-refractivity contribution in [3.8, 4) is 5.75 Å². The second-order valence-corrected chi connectivity index (χ2v) is 3.76. The molecule has 2 aromatic rings. The molecule has 0 amide bonds. The minimum atomic E-state index is -0.398. The highest BCUT2D eigenvalue weighted by atomic mass is 32.1. The van der Waals surface area contributed by atoms with Crippen molar-refractivity contribution < 1.29 is 14.6 Å². The molecule has 2 heterocycles. The molecule has 0 fully saturated rings. The fourth-order valence-electron chi connectivity index (χ4n) is 1.15. The number of aromatic hydroxyl groups is 1. The molecule has 72 valence electrons. The van der Waals surface area contributed by atoms with Crippen LogP contribution in [0.3, 0.4) is 0 Å². The van der Waals surface area contributed by atoms with E-state index in [1.807, 2.05) is 0 Å². The number of methoxy groups -OCH3 is 1. The van der Waals surface area contributed by atoms with Gasteiger partial charge in [0.25, 0.3) is 0 Å². The Kier molecular flexibility index (Phi) is 2.09. The van der Waals surface area contributed by atoms with Gasteiger partial charge in [0.1, 0.15) is 10.6 Å². The Labute approximate surface area is 83.8 Å². The van der Waals surface area contributed by atoms with Gasteiger partial charge in [-0.15, -0.1) is 11.3 Å². The fourth-order valence-corrected chi connectivity index (χ4v) is 2.11. The van der Waals surface area contributed by atoms with Crippen molar-refractivity contribution in [3.05, 3.63) is 23.3 Å². The third-order valence-corrected chi connectivity index (χ3v) is 2.86. The van der Waals surface area contributed by atoms with Crippen LogP contribution in [0.4, 0.5) is 0 Å². The first-order valence-electron chi connectivity index (χ1n) is 3.87. The van der Waals surface area contributed by atoms with Crippen LogP contribution < -0.4 is 0 Å². The van der Waals surface area contributed by atoms with Crippen molar-refractivity contribution in [1.29, 1.82) is 0 Å². The normalized spacial score (nSPS) is 10.4. The SMILES string of the molecule is COC(=O)c1cc2c(O)cncc2s1. The first-order chi connectivity index (χ1) is 6.72. The molecule has 0 aromatic carbocycles. The maximum atomic E-state index is 11.2. The topological polar surface area (TPSA) is 59.4 Å². The number of aromatic nitrogens is 1. The molecule has 0 aliphatic heterocycles. The van der Waals surface area contributed by atoms with Gasteiger partial charge in [0, 0.05) is 11.6 Å². The number of carbonyl (C=O) groups is 1. The highest BCUT2D eigenvalue weighted by Crippen LogP contribution is 2.31. The summed E-state index contributed by atoms with van der Waals surface area (Å²) in [6, 6.07) is 1.60. The van der Waals surface area contributed by atoms with E-state index >= 15 is 0 Å². The van der Waals surface area contributed by atoms with Crippen molar-refractivity contribution in [2.75, 3.05) is 7.11 Å². The number of fused-ring (bicyclic) bond motifs is 1.